The molecular weight excluding hydrogens is 345 g/mol. The first kappa shape index (κ1) is 18.9. The van der Waals surface area contributed by atoms with Crippen LogP contribution in [0, 0.1) is 5.82 Å². The minimum atomic E-state index is -0.529. The van der Waals surface area contributed by atoms with E-state index >= 15 is 0 Å². The Kier molecular flexibility index (Phi) is 7.41. The Labute approximate surface area is 151 Å². The van der Waals surface area contributed by atoms with Crippen molar-refractivity contribution >= 4 is 22.9 Å². The summed E-state index contributed by atoms with van der Waals surface area (Å²) in [5, 5.41) is -0.522. The first-order chi connectivity index (χ1) is 12.0. The van der Waals surface area contributed by atoms with Gasteiger partial charge in [-0.25, -0.2) is 9.18 Å². The van der Waals surface area contributed by atoms with E-state index in [0.29, 0.717) is 13.0 Å². The molecule has 0 saturated heterocycles. The molecule has 0 aromatic heterocycles. The van der Waals surface area contributed by atoms with Crippen molar-refractivity contribution in [3.63, 3.8) is 0 Å². The predicted molar refractivity (Wildman–Crippen MR) is 93.8 cm³/mol. The molecule has 0 aliphatic carbocycles. The van der Waals surface area contributed by atoms with Crippen LogP contribution in [0.2, 0.25) is 0 Å². The number of hydrogen-bond donors (Lipinski definition) is 0. The lowest BCUT2D eigenvalue weighted by atomic mass is 10.1. The maximum absolute atomic E-state index is 13.2. The third-order valence-electron chi connectivity index (χ3n) is 3.60. The summed E-state index contributed by atoms with van der Waals surface area (Å²) < 4.78 is 18.5. The van der Waals surface area contributed by atoms with E-state index in [0.717, 1.165) is 11.1 Å². The number of carbonyl (C=O) groups excluding carboxylic acids is 2. The summed E-state index contributed by atoms with van der Waals surface area (Å²) in [6, 6.07) is 15.5. The molecule has 0 heterocycles. The van der Waals surface area contributed by atoms with Crippen LogP contribution in [0.4, 0.5) is 9.18 Å². The Bertz CT molecular complexity index is 709. The SMILES string of the molecule is O=C(Cl)CCN(CCc1cccc(F)c1)C(=O)OCc1ccccc1. The average molecular weight is 364 g/mol. The van der Waals surface area contributed by atoms with Crippen LogP contribution in [0.5, 0.6) is 0 Å². The molecule has 0 aliphatic heterocycles. The molecule has 132 valence electrons. The molecule has 0 spiro atoms. The molecule has 0 aliphatic rings. The number of rotatable bonds is 8. The molecule has 0 atom stereocenters. The van der Waals surface area contributed by atoms with Gasteiger partial charge in [0.25, 0.3) is 0 Å². The minimum Gasteiger partial charge on any atom is -0.445 e. The highest BCUT2D eigenvalue weighted by molar-refractivity contribution is 6.63. The van der Waals surface area contributed by atoms with Gasteiger partial charge in [0.15, 0.2) is 0 Å². The molecule has 4 nitrogen and oxygen atoms in total. The smallest absolute Gasteiger partial charge is 0.410 e. The molecular formula is C19H19ClFNO3. The van der Waals surface area contributed by atoms with E-state index in [-0.39, 0.29) is 25.4 Å². The molecule has 2 rings (SSSR count). The van der Waals surface area contributed by atoms with Gasteiger partial charge >= 0.3 is 6.09 Å². The van der Waals surface area contributed by atoms with Crippen LogP contribution in [0.1, 0.15) is 17.5 Å². The minimum absolute atomic E-state index is 0.0329. The first-order valence-corrected chi connectivity index (χ1v) is 8.31. The van der Waals surface area contributed by atoms with Crippen molar-refractivity contribution in [3.8, 4) is 0 Å². The fourth-order valence-corrected chi connectivity index (χ4v) is 2.37. The van der Waals surface area contributed by atoms with Gasteiger partial charge in [0.2, 0.25) is 5.24 Å². The summed E-state index contributed by atoms with van der Waals surface area (Å²) in [7, 11) is 0. The van der Waals surface area contributed by atoms with Gasteiger partial charge in [0.1, 0.15) is 12.4 Å². The maximum atomic E-state index is 13.2. The molecule has 0 unspecified atom stereocenters. The van der Waals surface area contributed by atoms with Crippen molar-refractivity contribution < 1.29 is 18.7 Å². The van der Waals surface area contributed by atoms with E-state index < -0.39 is 11.3 Å². The lowest BCUT2D eigenvalue weighted by Crippen LogP contribution is -2.35. The molecule has 2 aromatic rings. The van der Waals surface area contributed by atoms with Crippen molar-refractivity contribution in [2.45, 2.75) is 19.4 Å². The monoisotopic (exact) mass is 363 g/mol. The predicted octanol–water partition coefficient (Wildman–Crippen LogP) is 4.16. The van der Waals surface area contributed by atoms with Crippen LogP contribution in [0.25, 0.3) is 0 Å². The van der Waals surface area contributed by atoms with Crippen molar-refractivity contribution in [2.24, 2.45) is 0 Å². The number of hydrogen-bond acceptors (Lipinski definition) is 3. The van der Waals surface area contributed by atoms with E-state index in [2.05, 4.69) is 0 Å². The van der Waals surface area contributed by atoms with Gasteiger partial charge in [-0.1, -0.05) is 42.5 Å². The summed E-state index contributed by atoms with van der Waals surface area (Å²) in [6.07, 6.45) is -0.0435. The topological polar surface area (TPSA) is 46.6 Å². The standard InChI is InChI=1S/C19H19ClFNO3/c20-18(23)10-12-22(11-9-15-7-4-8-17(21)13-15)19(24)25-14-16-5-2-1-3-6-16/h1-8,13H,9-12,14H2. The molecule has 1 amide bonds. The number of halogens is 2. The normalized spacial score (nSPS) is 10.3. The molecule has 6 heteroatoms. The Morgan fingerprint density at radius 3 is 2.40 bits per heavy atom. The van der Waals surface area contributed by atoms with Crippen molar-refractivity contribution in [1.82, 2.24) is 4.90 Å². The Hall–Kier alpha value is -2.40. The van der Waals surface area contributed by atoms with Crippen LogP contribution in [-0.4, -0.2) is 29.3 Å². The molecule has 0 fully saturated rings. The van der Waals surface area contributed by atoms with Crippen LogP contribution in [0.15, 0.2) is 54.6 Å². The van der Waals surface area contributed by atoms with E-state index in [9.17, 15) is 14.0 Å². The Morgan fingerprint density at radius 2 is 1.72 bits per heavy atom. The highest BCUT2D eigenvalue weighted by atomic mass is 35.5. The molecule has 0 N–H and O–H groups in total. The van der Waals surface area contributed by atoms with E-state index in [1.165, 1.54) is 17.0 Å². The van der Waals surface area contributed by atoms with E-state index in [1.807, 2.05) is 30.3 Å². The first-order valence-electron chi connectivity index (χ1n) is 7.93. The Morgan fingerprint density at radius 1 is 1.00 bits per heavy atom. The largest absolute Gasteiger partial charge is 0.445 e. The van der Waals surface area contributed by atoms with Gasteiger partial charge in [-0.3, -0.25) is 4.79 Å². The quantitative estimate of drug-likeness (QED) is 0.661. The van der Waals surface area contributed by atoms with E-state index in [4.69, 9.17) is 16.3 Å². The summed E-state index contributed by atoms with van der Waals surface area (Å²) >= 11 is 5.37. The fraction of sp³-hybridized carbons (Fsp3) is 0.263. The summed E-state index contributed by atoms with van der Waals surface area (Å²) in [5.41, 5.74) is 1.63. The van der Waals surface area contributed by atoms with Crippen LogP contribution >= 0.6 is 11.6 Å². The van der Waals surface area contributed by atoms with E-state index in [1.54, 1.807) is 12.1 Å². The number of amides is 1. The molecule has 2 aromatic carbocycles. The maximum Gasteiger partial charge on any atom is 0.410 e. The highest BCUT2D eigenvalue weighted by Gasteiger charge is 2.16. The fourth-order valence-electron chi connectivity index (χ4n) is 2.28. The van der Waals surface area contributed by atoms with Gasteiger partial charge in [0, 0.05) is 19.5 Å². The second-order valence-corrected chi connectivity index (χ2v) is 5.93. The molecule has 0 radical (unpaired) electrons. The number of nitrogens with zero attached hydrogens (tertiary/aromatic N) is 1. The number of carbonyl (C=O) groups is 2. The van der Waals surface area contributed by atoms with Gasteiger partial charge in [-0.05, 0) is 41.3 Å². The Balaban J connectivity index is 1.93. The lowest BCUT2D eigenvalue weighted by Gasteiger charge is -2.21. The second kappa shape index (κ2) is 9.79. The van der Waals surface area contributed by atoms with Crippen molar-refractivity contribution in [1.29, 1.82) is 0 Å². The zero-order valence-electron chi connectivity index (χ0n) is 13.7. The van der Waals surface area contributed by atoms with Gasteiger partial charge < -0.3 is 9.64 Å². The zero-order valence-corrected chi connectivity index (χ0v) is 14.4. The average Bonchev–Trinajstić information content (AvgIpc) is 2.60. The summed E-state index contributed by atoms with van der Waals surface area (Å²) in [4.78, 5) is 24.7. The number of ether oxygens (including phenoxy) is 1. The molecule has 0 bridgehead atoms. The number of benzene rings is 2. The lowest BCUT2D eigenvalue weighted by molar-refractivity contribution is -0.111. The van der Waals surface area contributed by atoms with Crippen molar-refractivity contribution in [2.75, 3.05) is 13.1 Å². The zero-order chi connectivity index (χ0) is 18.1. The highest BCUT2D eigenvalue weighted by Crippen LogP contribution is 2.09. The third kappa shape index (κ3) is 6.93. The van der Waals surface area contributed by atoms with Crippen LogP contribution < -0.4 is 0 Å². The summed E-state index contributed by atoms with van der Waals surface area (Å²) in [5.74, 6) is -0.327. The van der Waals surface area contributed by atoms with Gasteiger partial charge in [0.05, 0.1) is 0 Å². The van der Waals surface area contributed by atoms with Gasteiger partial charge in [-0.15, -0.1) is 0 Å². The third-order valence-corrected chi connectivity index (χ3v) is 3.79. The van der Waals surface area contributed by atoms with Gasteiger partial charge in [-0.2, -0.15) is 0 Å². The molecule has 0 saturated carbocycles. The van der Waals surface area contributed by atoms with Crippen LogP contribution in [-0.2, 0) is 22.6 Å². The second-order valence-electron chi connectivity index (χ2n) is 5.51. The van der Waals surface area contributed by atoms with Crippen LogP contribution in [0.3, 0.4) is 0 Å². The summed E-state index contributed by atoms with van der Waals surface area (Å²) in [6.45, 7) is 0.609. The molecule has 25 heavy (non-hydrogen) atoms. The van der Waals surface area contributed by atoms with Crippen molar-refractivity contribution in [3.05, 3.63) is 71.5 Å².